The molecule has 0 saturated carbocycles. The zero-order valence-corrected chi connectivity index (χ0v) is 42.2. The Kier molecular flexibility index (Phi) is 15.5. The number of anilines is 3. The van der Waals surface area contributed by atoms with Crippen LogP contribution in [-0.2, 0) is 14.4 Å². The highest BCUT2D eigenvalue weighted by molar-refractivity contribution is 7.99. The molecular weight excluding hydrogens is 927 g/mol. The van der Waals surface area contributed by atoms with Crippen LogP contribution in [0, 0.1) is 12.3 Å². The maximum absolute atomic E-state index is 14.3. The van der Waals surface area contributed by atoms with Crippen molar-refractivity contribution in [3.63, 3.8) is 0 Å². The quantitative estimate of drug-likeness (QED) is 0.0996. The molecule has 3 aliphatic rings. The Morgan fingerprint density at radius 3 is 2.26 bits per heavy atom. The lowest BCUT2D eigenvalue weighted by molar-refractivity contribution is -0.142. The van der Waals surface area contributed by atoms with Crippen LogP contribution in [0.1, 0.15) is 81.5 Å². The van der Waals surface area contributed by atoms with Crippen molar-refractivity contribution in [3.05, 3.63) is 95.6 Å². The summed E-state index contributed by atoms with van der Waals surface area (Å²) < 4.78 is 0. The van der Waals surface area contributed by atoms with Gasteiger partial charge in [-0.05, 0) is 68.4 Å². The molecule has 3 saturated heterocycles. The molecule has 0 aliphatic carbocycles. The first-order valence-corrected chi connectivity index (χ1v) is 25.4. The number of hydrogen-bond donors (Lipinski definition) is 5. The summed E-state index contributed by atoms with van der Waals surface area (Å²) in [5.41, 5.74) is 11.0. The summed E-state index contributed by atoms with van der Waals surface area (Å²) in [6, 6.07) is 13.3. The van der Waals surface area contributed by atoms with Crippen LogP contribution < -0.4 is 31.5 Å². The fraction of sp³-hybridized carbons (Fsp3) is 0.460. The molecular formula is C50H63N13O5S2. The summed E-state index contributed by atoms with van der Waals surface area (Å²) >= 11 is 3.05. The number of hydrogen-bond acceptors (Lipinski definition) is 16. The van der Waals surface area contributed by atoms with Gasteiger partial charge in [0.1, 0.15) is 22.9 Å². The molecule has 0 spiro atoms. The van der Waals surface area contributed by atoms with Gasteiger partial charge in [0.2, 0.25) is 23.7 Å². The number of piperazine rings is 1. The number of carbonyl (C=O) groups is 4. The van der Waals surface area contributed by atoms with Gasteiger partial charge in [-0.25, -0.2) is 24.9 Å². The Labute approximate surface area is 417 Å². The maximum atomic E-state index is 14.3. The van der Waals surface area contributed by atoms with Gasteiger partial charge in [-0.3, -0.25) is 24.1 Å². The van der Waals surface area contributed by atoms with Crippen molar-refractivity contribution in [1.29, 1.82) is 0 Å². The molecule has 3 fully saturated rings. The molecule has 2 aromatic carbocycles. The van der Waals surface area contributed by atoms with Crippen molar-refractivity contribution in [3.8, 4) is 10.4 Å². The fourth-order valence-corrected chi connectivity index (χ4v) is 10.5. The number of benzene rings is 2. The van der Waals surface area contributed by atoms with Crippen LogP contribution in [0.5, 0.6) is 0 Å². The van der Waals surface area contributed by atoms with Crippen molar-refractivity contribution in [2.24, 2.45) is 11.1 Å². The molecule has 6 heterocycles. The van der Waals surface area contributed by atoms with E-state index in [-0.39, 0.29) is 48.5 Å². The van der Waals surface area contributed by atoms with Crippen LogP contribution in [0.2, 0.25) is 0 Å². The van der Waals surface area contributed by atoms with E-state index in [0.717, 1.165) is 63.4 Å². The van der Waals surface area contributed by atoms with E-state index in [0.29, 0.717) is 37.8 Å². The van der Waals surface area contributed by atoms with E-state index in [9.17, 15) is 24.3 Å². The predicted molar refractivity (Wildman–Crippen MR) is 272 cm³/mol. The van der Waals surface area contributed by atoms with Crippen LogP contribution in [-0.4, -0.2) is 140 Å². The largest absolute Gasteiger partial charge is 0.391 e. The average Bonchev–Trinajstić information content (AvgIpc) is 3.96. The molecule has 5 aromatic rings. The Morgan fingerprint density at radius 1 is 0.900 bits per heavy atom. The monoisotopic (exact) mass is 989 g/mol. The van der Waals surface area contributed by atoms with Gasteiger partial charge in [-0.2, -0.15) is 0 Å². The van der Waals surface area contributed by atoms with E-state index in [2.05, 4.69) is 57.6 Å². The number of nitrogens with one attached hydrogen (secondary N) is 3. The predicted octanol–water partition coefficient (Wildman–Crippen LogP) is 4.91. The molecule has 4 amide bonds. The van der Waals surface area contributed by atoms with Crippen LogP contribution >= 0.6 is 23.1 Å². The number of thiazole rings is 1. The zero-order valence-electron chi connectivity index (χ0n) is 40.6. The SMILES string of the molecule is Cc1ncsc1-c1ccc([C@H](C)NC(=O)[C@@H]2C[C@@H](O)CN2C(=O)[C@@H](NC(=O)c2cnc(N3CCN(CC(=O)Nc4cccc(Sc5cnc(N6CCC(C)(N)CC6)cn5)c4)CC3)nc2)C(C)(C)C)cc1. The van der Waals surface area contributed by atoms with Gasteiger partial charge in [-0.1, -0.05) is 62.9 Å². The zero-order chi connectivity index (χ0) is 49.7. The van der Waals surface area contributed by atoms with Crippen molar-refractivity contribution in [2.45, 2.75) is 100 Å². The summed E-state index contributed by atoms with van der Waals surface area (Å²) in [7, 11) is 0. The summed E-state index contributed by atoms with van der Waals surface area (Å²) in [6.07, 6.45) is 7.45. The maximum Gasteiger partial charge on any atom is 0.255 e. The van der Waals surface area contributed by atoms with Crippen molar-refractivity contribution >= 4 is 64.2 Å². The minimum absolute atomic E-state index is 0.0399. The smallest absolute Gasteiger partial charge is 0.255 e. The molecule has 6 N–H and O–H groups in total. The number of β-amino-alcohol motifs (C(OH)–C–C–N with tert-alkyl or cyclic N) is 1. The van der Waals surface area contributed by atoms with Gasteiger partial charge in [0, 0.05) is 80.7 Å². The lowest BCUT2D eigenvalue weighted by Gasteiger charge is -2.37. The third-order valence-corrected chi connectivity index (χ3v) is 15.0. The van der Waals surface area contributed by atoms with E-state index in [1.807, 2.05) is 93.6 Å². The number of aliphatic hydroxyl groups excluding tert-OH is 1. The minimum atomic E-state index is -1.03. The third kappa shape index (κ3) is 12.4. The molecule has 20 heteroatoms. The van der Waals surface area contributed by atoms with Crippen LogP contribution in [0.3, 0.4) is 0 Å². The Balaban J connectivity index is 0.798. The lowest BCUT2D eigenvalue weighted by Crippen LogP contribution is -2.57. The number of carbonyl (C=O) groups excluding carboxylic acids is 4. The van der Waals surface area contributed by atoms with Crippen LogP contribution in [0.4, 0.5) is 17.5 Å². The van der Waals surface area contributed by atoms with Crippen LogP contribution in [0.25, 0.3) is 10.4 Å². The number of likely N-dealkylation sites (tertiary alicyclic amines) is 1. The van der Waals surface area contributed by atoms with Gasteiger partial charge < -0.3 is 41.5 Å². The second-order valence-electron chi connectivity index (χ2n) is 19.9. The Bertz CT molecular complexity index is 2620. The van der Waals surface area contributed by atoms with Crippen molar-refractivity contribution in [1.82, 2.24) is 45.4 Å². The highest BCUT2D eigenvalue weighted by atomic mass is 32.2. The Hall–Kier alpha value is -6.06. The van der Waals surface area contributed by atoms with Crippen molar-refractivity contribution < 1.29 is 24.3 Å². The highest BCUT2D eigenvalue weighted by Gasteiger charge is 2.45. The first-order chi connectivity index (χ1) is 33.4. The molecule has 18 nitrogen and oxygen atoms in total. The summed E-state index contributed by atoms with van der Waals surface area (Å²) in [5, 5.41) is 20.4. The topological polar surface area (TPSA) is 228 Å². The van der Waals surface area contributed by atoms with E-state index in [1.54, 1.807) is 23.7 Å². The average molecular weight is 990 g/mol. The molecule has 0 bridgehead atoms. The van der Waals surface area contributed by atoms with Gasteiger partial charge in [-0.15, -0.1) is 11.3 Å². The van der Waals surface area contributed by atoms with E-state index < -0.39 is 35.4 Å². The summed E-state index contributed by atoms with van der Waals surface area (Å²) in [6.45, 7) is 15.7. The normalized spacial score (nSPS) is 19.3. The second-order valence-corrected chi connectivity index (χ2v) is 21.8. The second kappa shape index (κ2) is 21.5. The fourth-order valence-electron chi connectivity index (χ4n) is 8.87. The highest BCUT2D eigenvalue weighted by Crippen LogP contribution is 2.32. The summed E-state index contributed by atoms with van der Waals surface area (Å²) in [4.78, 5) is 87.2. The Morgan fingerprint density at radius 2 is 1.61 bits per heavy atom. The summed E-state index contributed by atoms with van der Waals surface area (Å²) in [5.74, 6) is -0.214. The molecule has 70 heavy (non-hydrogen) atoms. The first-order valence-electron chi connectivity index (χ1n) is 23.7. The minimum Gasteiger partial charge on any atom is -0.391 e. The van der Waals surface area contributed by atoms with Gasteiger partial charge in [0.05, 0.1) is 52.7 Å². The number of aliphatic hydroxyl groups is 1. The number of aromatic nitrogens is 5. The number of nitrogens with zero attached hydrogens (tertiary/aromatic N) is 9. The molecule has 8 rings (SSSR count). The molecule has 3 aliphatic heterocycles. The number of rotatable bonds is 14. The van der Waals surface area contributed by atoms with E-state index in [1.165, 1.54) is 29.1 Å². The molecule has 370 valence electrons. The van der Waals surface area contributed by atoms with Gasteiger partial charge in [0.25, 0.3) is 5.91 Å². The van der Waals surface area contributed by atoms with E-state index >= 15 is 0 Å². The number of piperidine rings is 1. The van der Waals surface area contributed by atoms with E-state index in [4.69, 9.17) is 5.73 Å². The standard InChI is InChI=1S/C50H63N13O5S2/c1-31(33-10-12-34(13-11-33)43-32(2)56-30-69-43)57-46(67)39-23-37(64)28-63(39)47(68)44(49(3,4)5)59-45(66)35-24-54-48(55-25-35)62-20-18-60(19-21-62)29-41(65)58-36-8-7-9-38(22-36)70-42-27-52-40(26-53-42)61-16-14-50(6,51)15-17-61/h7-13,22,24-27,30-31,37,39,44,64H,14-21,23,28-29,51H2,1-6H3,(H,57,67)(H,58,65)(H,59,66)/t31-,37+,39-,44+/m0/s1. The third-order valence-electron chi connectivity index (χ3n) is 13.1. The number of nitrogens with two attached hydrogens (primary N) is 1. The number of amides is 4. The number of aryl methyl sites for hydroxylation is 1. The molecule has 0 radical (unpaired) electrons. The lowest BCUT2D eigenvalue weighted by atomic mass is 9.85. The van der Waals surface area contributed by atoms with Gasteiger partial charge >= 0.3 is 0 Å². The molecule has 3 aromatic heterocycles. The first kappa shape index (κ1) is 50.3. The van der Waals surface area contributed by atoms with Crippen molar-refractivity contribution in [2.75, 3.05) is 67.5 Å². The molecule has 4 atom stereocenters. The van der Waals surface area contributed by atoms with Crippen LogP contribution in [0.15, 0.2) is 88.8 Å². The van der Waals surface area contributed by atoms with Gasteiger partial charge in [0.15, 0.2) is 0 Å². The molecule has 0 unspecified atom stereocenters.